The summed E-state index contributed by atoms with van der Waals surface area (Å²) in [7, 11) is 0. The first-order valence-corrected chi connectivity index (χ1v) is 8.55. The van der Waals surface area contributed by atoms with Gasteiger partial charge in [0.1, 0.15) is 5.69 Å². The summed E-state index contributed by atoms with van der Waals surface area (Å²) in [6, 6.07) is 14.8. The number of anilines is 3. The van der Waals surface area contributed by atoms with Crippen molar-refractivity contribution in [2.45, 2.75) is 20.8 Å². The van der Waals surface area contributed by atoms with Gasteiger partial charge in [-0.05, 0) is 68.3 Å². The molecular weight excluding hydrogens is 348 g/mol. The van der Waals surface area contributed by atoms with Crippen LogP contribution in [0.15, 0.2) is 48.5 Å². The molecule has 1 heterocycles. The molecule has 26 heavy (non-hydrogen) atoms. The Hall–Kier alpha value is -2.92. The fourth-order valence-corrected chi connectivity index (χ4v) is 2.59. The average Bonchev–Trinajstić information content (AvgIpc) is 2.59. The molecule has 0 fully saturated rings. The lowest BCUT2D eigenvalue weighted by Gasteiger charge is -2.11. The third kappa shape index (κ3) is 4.37. The summed E-state index contributed by atoms with van der Waals surface area (Å²) in [5, 5.41) is 6.66. The zero-order valence-electron chi connectivity index (χ0n) is 14.8. The summed E-state index contributed by atoms with van der Waals surface area (Å²) >= 11 is 5.90. The Bertz CT molecular complexity index is 955. The second kappa shape index (κ2) is 7.54. The van der Waals surface area contributed by atoms with Gasteiger partial charge in [-0.15, -0.1) is 0 Å². The first-order valence-electron chi connectivity index (χ1n) is 8.17. The lowest BCUT2D eigenvalue weighted by atomic mass is 10.1. The fourth-order valence-electron chi connectivity index (χ4n) is 2.46. The highest BCUT2D eigenvalue weighted by Gasteiger charge is 2.12. The molecule has 0 saturated carbocycles. The maximum Gasteiger partial charge on any atom is 0.274 e. The minimum Gasteiger partial charge on any atom is -0.324 e. The number of rotatable bonds is 4. The molecule has 6 heteroatoms. The number of aromatic nitrogens is 2. The third-order valence-electron chi connectivity index (χ3n) is 3.83. The molecule has 0 unspecified atom stereocenters. The molecule has 132 valence electrons. The van der Waals surface area contributed by atoms with Crippen molar-refractivity contribution in [3.05, 3.63) is 76.1 Å². The van der Waals surface area contributed by atoms with Gasteiger partial charge in [0.25, 0.3) is 5.91 Å². The summed E-state index contributed by atoms with van der Waals surface area (Å²) in [4.78, 5) is 21.3. The number of carbonyl (C=O) groups is 1. The molecule has 3 aromatic rings. The van der Waals surface area contributed by atoms with E-state index in [0.29, 0.717) is 22.4 Å². The van der Waals surface area contributed by atoms with Gasteiger partial charge < -0.3 is 10.6 Å². The zero-order chi connectivity index (χ0) is 18.7. The standard InChI is InChI=1S/C20H19ClN4O/c1-12-4-5-13(2)17(10-12)24-19(26)18-11-14(3)22-20(25-18)23-16-8-6-15(21)7-9-16/h4-11H,1-3H3,(H,24,26)(H,22,23,25). The molecule has 0 aliphatic carbocycles. The maximum absolute atomic E-state index is 12.6. The predicted molar refractivity (Wildman–Crippen MR) is 105 cm³/mol. The van der Waals surface area contributed by atoms with Crippen LogP contribution in [0.25, 0.3) is 0 Å². The number of hydrogen-bond acceptors (Lipinski definition) is 4. The summed E-state index contributed by atoms with van der Waals surface area (Å²) in [6.45, 7) is 5.76. The van der Waals surface area contributed by atoms with Crippen LogP contribution in [0.2, 0.25) is 5.02 Å². The molecule has 0 saturated heterocycles. The van der Waals surface area contributed by atoms with Crippen LogP contribution in [0, 0.1) is 20.8 Å². The van der Waals surface area contributed by atoms with Crippen LogP contribution in [-0.4, -0.2) is 15.9 Å². The molecule has 2 N–H and O–H groups in total. The minimum atomic E-state index is -0.275. The Morgan fingerprint density at radius 1 is 0.962 bits per heavy atom. The largest absolute Gasteiger partial charge is 0.324 e. The van der Waals surface area contributed by atoms with Gasteiger partial charge >= 0.3 is 0 Å². The minimum absolute atomic E-state index is 0.275. The number of nitrogens with one attached hydrogen (secondary N) is 2. The quantitative estimate of drug-likeness (QED) is 0.678. The van der Waals surface area contributed by atoms with Crippen molar-refractivity contribution in [2.75, 3.05) is 10.6 Å². The van der Waals surface area contributed by atoms with E-state index in [1.807, 2.05) is 51.1 Å². The summed E-state index contributed by atoms with van der Waals surface area (Å²) in [5.41, 5.74) is 4.64. The van der Waals surface area contributed by atoms with Gasteiger partial charge in [-0.1, -0.05) is 23.7 Å². The normalized spacial score (nSPS) is 10.5. The molecule has 5 nitrogen and oxygen atoms in total. The van der Waals surface area contributed by atoms with Crippen LogP contribution in [0.3, 0.4) is 0 Å². The van der Waals surface area contributed by atoms with Gasteiger partial charge in [0.15, 0.2) is 0 Å². The van der Waals surface area contributed by atoms with Gasteiger partial charge in [0.05, 0.1) is 0 Å². The highest BCUT2D eigenvalue weighted by molar-refractivity contribution is 6.30. The average molecular weight is 367 g/mol. The number of aryl methyl sites for hydroxylation is 3. The van der Waals surface area contributed by atoms with Crippen LogP contribution in [-0.2, 0) is 0 Å². The molecular formula is C20H19ClN4O. The predicted octanol–water partition coefficient (Wildman–Crippen LogP) is 5.05. The van der Waals surface area contributed by atoms with E-state index in [4.69, 9.17) is 11.6 Å². The van der Waals surface area contributed by atoms with E-state index in [2.05, 4.69) is 20.6 Å². The van der Waals surface area contributed by atoms with Crippen molar-refractivity contribution in [1.82, 2.24) is 9.97 Å². The van der Waals surface area contributed by atoms with Gasteiger partial charge in [-0.2, -0.15) is 0 Å². The molecule has 2 aromatic carbocycles. The van der Waals surface area contributed by atoms with E-state index in [-0.39, 0.29) is 5.91 Å². The van der Waals surface area contributed by atoms with Crippen molar-refractivity contribution >= 4 is 34.8 Å². The molecule has 0 atom stereocenters. The topological polar surface area (TPSA) is 66.9 Å². The molecule has 1 aromatic heterocycles. The van der Waals surface area contributed by atoms with Gasteiger partial charge in [-0.25, -0.2) is 9.97 Å². The van der Waals surface area contributed by atoms with Gasteiger partial charge in [0.2, 0.25) is 5.95 Å². The van der Waals surface area contributed by atoms with E-state index in [9.17, 15) is 4.79 Å². The smallest absolute Gasteiger partial charge is 0.274 e. The van der Waals surface area contributed by atoms with Crippen molar-refractivity contribution < 1.29 is 4.79 Å². The number of halogens is 1. The number of amides is 1. The number of nitrogens with zero attached hydrogens (tertiary/aromatic N) is 2. The molecule has 1 amide bonds. The highest BCUT2D eigenvalue weighted by atomic mass is 35.5. The molecule has 0 spiro atoms. The Morgan fingerprint density at radius 2 is 1.69 bits per heavy atom. The molecule has 0 radical (unpaired) electrons. The van der Waals surface area contributed by atoms with E-state index in [1.54, 1.807) is 18.2 Å². The molecule has 0 bridgehead atoms. The summed E-state index contributed by atoms with van der Waals surface area (Å²) in [6.07, 6.45) is 0. The van der Waals surface area contributed by atoms with Crippen LogP contribution in [0.1, 0.15) is 27.3 Å². The Balaban J connectivity index is 1.83. The van der Waals surface area contributed by atoms with E-state index >= 15 is 0 Å². The van der Waals surface area contributed by atoms with E-state index < -0.39 is 0 Å². The van der Waals surface area contributed by atoms with Crippen molar-refractivity contribution in [3.8, 4) is 0 Å². The van der Waals surface area contributed by atoms with Crippen LogP contribution in [0.5, 0.6) is 0 Å². The Morgan fingerprint density at radius 3 is 2.42 bits per heavy atom. The van der Waals surface area contributed by atoms with E-state index in [1.165, 1.54) is 0 Å². The second-order valence-electron chi connectivity index (χ2n) is 6.12. The highest BCUT2D eigenvalue weighted by Crippen LogP contribution is 2.19. The Kier molecular flexibility index (Phi) is 5.19. The van der Waals surface area contributed by atoms with Crippen LogP contribution in [0.4, 0.5) is 17.3 Å². The van der Waals surface area contributed by atoms with E-state index in [0.717, 1.165) is 22.5 Å². The fraction of sp³-hybridized carbons (Fsp3) is 0.150. The van der Waals surface area contributed by atoms with Gasteiger partial charge in [0, 0.05) is 22.1 Å². The number of carbonyl (C=O) groups excluding carboxylic acids is 1. The zero-order valence-corrected chi connectivity index (χ0v) is 15.6. The summed E-state index contributed by atoms with van der Waals surface area (Å²) in [5.74, 6) is 0.0850. The first-order chi connectivity index (χ1) is 12.4. The SMILES string of the molecule is Cc1ccc(C)c(NC(=O)c2cc(C)nc(Nc3ccc(Cl)cc3)n2)c1. The van der Waals surface area contributed by atoms with Crippen molar-refractivity contribution in [3.63, 3.8) is 0 Å². The monoisotopic (exact) mass is 366 g/mol. The molecule has 0 aliphatic heterocycles. The second-order valence-corrected chi connectivity index (χ2v) is 6.56. The van der Waals surface area contributed by atoms with Crippen molar-refractivity contribution in [2.24, 2.45) is 0 Å². The molecule has 3 rings (SSSR count). The lowest BCUT2D eigenvalue weighted by Crippen LogP contribution is -2.16. The number of benzene rings is 2. The molecule has 0 aliphatic rings. The summed E-state index contributed by atoms with van der Waals surface area (Å²) < 4.78 is 0. The van der Waals surface area contributed by atoms with Crippen LogP contribution >= 0.6 is 11.6 Å². The van der Waals surface area contributed by atoms with Gasteiger partial charge in [-0.3, -0.25) is 4.79 Å². The maximum atomic E-state index is 12.6. The van der Waals surface area contributed by atoms with Crippen LogP contribution < -0.4 is 10.6 Å². The third-order valence-corrected chi connectivity index (χ3v) is 4.08. The Labute approximate surface area is 157 Å². The van der Waals surface area contributed by atoms with Crippen molar-refractivity contribution in [1.29, 1.82) is 0 Å². The number of hydrogen-bond donors (Lipinski definition) is 2. The first kappa shape index (κ1) is 17.9. The lowest BCUT2D eigenvalue weighted by molar-refractivity contribution is 0.102.